The molecule has 1 amide bonds. The molecule has 18 heavy (non-hydrogen) atoms. The molecule has 1 saturated heterocycles. The molecule has 2 rings (SSSR count). The second kappa shape index (κ2) is 5.98. The number of nitrogens with zero attached hydrogens (tertiary/aromatic N) is 1. The van der Waals surface area contributed by atoms with Gasteiger partial charge in [-0.25, -0.2) is 0 Å². The van der Waals surface area contributed by atoms with Crippen molar-refractivity contribution in [3.8, 4) is 0 Å². The van der Waals surface area contributed by atoms with Gasteiger partial charge < -0.3 is 15.4 Å². The van der Waals surface area contributed by atoms with Crippen molar-refractivity contribution >= 4 is 5.91 Å². The van der Waals surface area contributed by atoms with Crippen molar-refractivity contribution in [1.82, 2.24) is 4.90 Å². The summed E-state index contributed by atoms with van der Waals surface area (Å²) in [5, 5.41) is 0. The minimum Gasteiger partial charge on any atom is -0.379 e. The lowest BCUT2D eigenvalue weighted by Crippen LogP contribution is -2.37. The van der Waals surface area contributed by atoms with Crippen molar-refractivity contribution in [2.75, 3.05) is 26.8 Å². The molecular formula is C14H20N2O2. The Morgan fingerprint density at radius 2 is 2.39 bits per heavy atom. The molecule has 1 fully saturated rings. The van der Waals surface area contributed by atoms with Gasteiger partial charge in [0.2, 0.25) is 0 Å². The number of ether oxygens (including phenoxy) is 1. The van der Waals surface area contributed by atoms with Crippen molar-refractivity contribution in [2.45, 2.75) is 18.9 Å². The third-order valence-corrected chi connectivity index (χ3v) is 3.38. The predicted molar refractivity (Wildman–Crippen MR) is 70.5 cm³/mol. The van der Waals surface area contributed by atoms with Gasteiger partial charge in [0.1, 0.15) is 0 Å². The molecule has 4 heteroatoms. The Hall–Kier alpha value is -1.39. The van der Waals surface area contributed by atoms with E-state index in [1.165, 1.54) is 0 Å². The van der Waals surface area contributed by atoms with E-state index < -0.39 is 0 Å². The summed E-state index contributed by atoms with van der Waals surface area (Å²) in [5.74, 6) is 0.0596. The minimum absolute atomic E-state index is 0.0596. The Balaban J connectivity index is 2.09. The van der Waals surface area contributed by atoms with E-state index in [4.69, 9.17) is 10.5 Å². The Kier molecular flexibility index (Phi) is 4.33. The van der Waals surface area contributed by atoms with Crippen molar-refractivity contribution in [1.29, 1.82) is 0 Å². The summed E-state index contributed by atoms with van der Waals surface area (Å²) in [6, 6.07) is 7.91. The topological polar surface area (TPSA) is 55.6 Å². The van der Waals surface area contributed by atoms with Gasteiger partial charge in [0.25, 0.3) is 5.91 Å². The number of benzene rings is 1. The molecule has 1 aliphatic rings. The molecule has 4 nitrogen and oxygen atoms in total. The lowest BCUT2D eigenvalue weighted by atomic mass is 10.1. The highest BCUT2D eigenvalue weighted by Gasteiger charge is 2.24. The number of likely N-dealkylation sites (N-methyl/N-ethyl adjacent to an activating group) is 1. The molecule has 2 N–H and O–H groups in total. The van der Waals surface area contributed by atoms with E-state index >= 15 is 0 Å². The molecule has 98 valence electrons. The molecule has 1 aliphatic heterocycles. The summed E-state index contributed by atoms with van der Waals surface area (Å²) in [7, 11) is 1.84. The summed E-state index contributed by atoms with van der Waals surface area (Å²) in [5.41, 5.74) is 7.38. The number of hydrogen-bond donors (Lipinski definition) is 1. The molecule has 0 radical (unpaired) electrons. The Labute approximate surface area is 108 Å². The van der Waals surface area contributed by atoms with Crippen molar-refractivity contribution in [3.63, 3.8) is 0 Å². The Morgan fingerprint density at radius 3 is 3.06 bits per heavy atom. The zero-order valence-electron chi connectivity index (χ0n) is 10.8. The van der Waals surface area contributed by atoms with Crippen LogP contribution in [0.3, 0.4) is 0 Å². The van der Waals surface area contributed by atoms with Crippen LogP contribution in [-0.2, 0) is 11.2 Å². The SMILES string of the molecule is CN(C(=O)c1cccc(CCN)c1)C1CCOC1. The maximum atomic E-state index is 12.3. The zero-order valence-corrected chi connectivity index (χ0v) is 10.8. The number of amides is 1. The molecule has 0 aromatic heterocycles. The number of rotatable bonds is 4. The van der Waals surface area contributed by atoms with E-state index in [9.17, 15) is 4.79 Å². The highest BCUT2D eigenvalue weighted by molar-refractivity contribution is 5.94. The standard InChI is InChI=1S/C14H20N2O2/c1-16(13-6-8-18-10-13)14(17)12-4-2-3-11(9-12)5-7-15/h2-4,9,13H,5-8,10,15H2,1H3. The molecule has 1 heterocycles. The van der Waals surface area contributed by atoms with Gasteiger partial charge in [0.15, 0.2) is 0 Å². The Bertz CT molecular complexity index is 414. The molecular weight excluding hydrogens is 228 g/mol. The van der Waals surface area contributed by atoms with Gasteiger partial charge in [-0.05, 0) is 37.1 Å². The van der Waals surface area contributed by atoms with Crippen LogP contribution in [0.5, 0.6) is 0 Å². The van der Waals surface area contributed by atoms with Crippen LogP contribution in [0.1, 0.15) is 22.3 Å². The van der Waals surface area contributed by atoms with Crippen LogP contribution in [-0.4, -0.2) is 43.7 Å². The second-order valence-electron chi connectivity index (χ2n) is 4.67. The molecule has 1 aromatic rings. The van der Waals surface area contributed by atoms with Gasteiger partial charge in [0.05, 0.1) is 12.6 Å². The van der Waals surface area contributed by atoms with Gasteiger partial charge in [-0.3, -0.25) is 4.79 Å². The first-order chi connectivity index (χ1) is 8.72. The summed E-state index contributed by atoms with van der Waals surface area (Å²) in [6.45, 7) is 1.99. The highest BCUT2D eigenvalue weighted by atomic mass is 16.5. The van der Waals surface area contributed by atoms with Gasteiger partial charge in [0, 0.05) is 19.2 Å². The second-order valence-corrected chi connectivity index (χ2v) is 4.67. The van der Waals surface area contributed by atoms with Crippen LogP contribution in [0, 0.1) is 0 Å². The Morgan fingerprint density at radius 1 is 1.56 bits per heavy atom. The normalized spacial score (nSPS) is 18.9. The third-order valence-electron chi connectivity index (χ3n) is 3.38. The number of hydrogen-bond acceptors (Lipinski definition) is 3. The summed E-state index contributed by atoms with van der Waals surface area (Å²) >= 11 is 0. The predicted octanol–water partition coefficient (Wildman–Crippen LogP) is 1.05. The monoisotopic (exact) mass is 248 g/mol. The average Bonchev–Trinajstić information content (AvgIpc) is 2.91. The van der Waals surface area contributed by atoms with Crippen LogP contribution in [0.4, 0.5) is 0 Å². The largest absolute Gasteiger partial charge is 0.379 e. The van der Waals surface area contributed by atoms with E-state index in [1.54, 1.807) is 4.90 Å². The van der Waals surface area contributed by atoms with Gasteiger partial charge in [-0.2, -0.15) is 0 Å². The molecule has 1 unspecified atom stereocenters. The van der Waals surface area contributed by atoms with E-state index in [1.807, 2.05) is 31.3 Å². The summed E-state index contributed by atoms with van der Waals surface area (Å²) in [6.07, 6.45) is 1.72. The van der Waals surface area contributed by atoms with Gasteiger partial charge >= 0.3 is 0 Å². The molecule has 1 atom stereocenters. The van der Waals surface area contributed by atoms with Gasteiger partial charge in [-0.15, -0.1) is 0 Å². The average molecular weight is 248 g/mol. The van der Waals surface area contributed by atoms with Crippen LogP contribution in [0.25, 0.3) is 0 Å². The third kappa shape index (κ3) is 2.89. The molecule has 1 aromatic carbocycles. The number of nitrogens with two attached hydrogens (primary N) is 1. The van der Waals surface area contributed by atoms with E-state index in [2.05, 4.69) is 0 Å². The first-order valence-electron chi connectivity index (χ1n) is 6.36. The number of carbonyl (C=O) groups excluding carboxylic acids is 1. The molecule has 0 aliphatic carbocycles. The van der Waals surface area contributed by atoms with Crippen LogP contribution in [0.2, 0.25) is 0 Å². The maximum Gasteiger partial charge on any atom is 0.253 e. The number of carbonyl (C=O) groups is 1. The van der Waals surface area contributed by atoms with Crippen molar-refractivity contribution < 1.29 is 9.53 Å². The molecule has 0 spiro atoms. The van der Waals surface area contributed by atoms with Crippen LogP contribution >= 0.6 is 0 Å². The fourth-order valence-corrected chi connectivity index (χ4v) is 2.22. The minimum atomic E-state index is 0.0596. The lowest BCUT2D eigenvalue weighted by molar-refractivity contribution is 0.0711. The van der Waals surface area contributed by atoms with E-state index in [0.29, 0.717) is 13.2 Å². The van der Waals surface area contributed by atoms with E-state index in [0.717, 1.165) is 30.6 Å². The quantitative estimate of drug-likeness (QED) is 0.866. The zero-order chi connectivity index (χ0) is 13.0. The van der Waals surface area contributed by atoms with Crippen molar-refractivity contribution in [3.05, 3.63) is 35.4 Å². The van der Waals surface area contributed by atoms with Crippen molar-refractivity contribution in [2.24, 2.45) is 5.73 Å². The first-order valence-corrected chi connectivity index (χ1v) is 6.36. The van der Waals surface area contributed by atoms with E-state index in [-0.39, 0.29) is 11.9 Å². The highest BCUT2D eigenvalue weighted by Crippen LogP contribution is 2.15. The lowest BCUT2D eigenvalue weighted by Gasteiger charge is -2.23. The fraction of sp³-hybridized carbons (Fsp3) is 0.500. The van der Waals surface area contributed by atoms with Crippen LogP contribution < -0.4 is 5.73 Å². The fourth-order valence-electron chi connectivity index (χ4n) is 2.22. The summed E-state index contributed by atoms with van der Waals surface area (Å²) < 4.78 is 5.32. The first kappa shape index (κ1) is 13.1. The smallest absolute Gasteiger partial charge is 0.253 e. The van der Waals surface area contributed by atoms with Gasteiger partial charge in [-0.1, -0.05) is 12.1 Å². The van der Waals surface area contributed by atoms with Crippen LogP contribution in [0.15, 0.2) is 24.3 Å². The molecule has 0 saturated carbocycles. The molecule has 0 bridgehead atoms. The maximum absolute atomic E-state index is 12.3. The summed E-state index contributed by atoms with van der Waals surface area (Å²) in [4.78, 5) is 14.1.